The highest BCUT2D eigenvalue weighted by Crippen LogP contribution is 2.34. The highest BCUT2D eigenvalue weighted by molar-refractivity contribution is 7.21. The third-order valence-electron chi connectivity index (χ3n) is 7.23. The molecular formula is C34H21N3S. The molecule has 0 aliphatic carbocycles. The highest BCUT2D eigenvalue weighted by Gasteiger charge is 2.14. The topological polar surface area (TPSA) is 30.2 Å². The number of para-hydroxylation sites is 4. The maximum absolute atomic E-state index is 5.11. The standard InChI is InChI=1S/C34H21N3S/c1-4-10-29-26(7-1)21-31-33(35-27-8-2-5-11-30(27)37(29)31)24-17-13-22(14-18-24)23-15-19-25(20-16-23)34-36-28-9-3-6-12-32(28)38-34/h1-21H. The molecule has 3 nitrogen and oxygen atoms in total. The minimum absolute atomic E-state index is 0.992. The van der Waals surface area contributed by atoms with Gasteiger partial charge in [-0.1, -0.05) is 91.0 Å². The van der Waals surface area contributed by atoms with E-state index >= 15 is 0 Å². The fourth-order valence-electron chi connectivity index (χ4n) is 5.35. The maximum Gasteiger partial charge on any atom is 0.124 e. The molecule has 0 atom stereocenters. The molecule has 38 heavy (non-hydrogen) atoms. The third kappa shape index (κ3) is 3.35. The molecule has 0 fully saturated rings. The fourth-order valence-corrected chi connectivity index (χ4v) is 6.32. The van der Waals surface area contributed by atoms with E-state index in [1.54, 1.807) is 11.3 Å². The molecule has 0 N–H and O–H groups in total. The highest BCUT2D eigenvalue weighted by atomic mass is 32.1. The van der Waals surface area contributed by atoms with Gasteiger partial charge in [-0.2, -0.15) is 0 Å². The van der Waals surface area contributed by atoms with Crippen LogP contribution in [0, 0.1) is 0 Å². The quantitative estimate of drug-likeness (QED) is 0.240. The zero-order valence-electron chi connectivity index (χ0n) is 20.4. The Morgan fingerprint density at radius 1 is 0.474 bits per heavy atom. The molecule has 0 aliphatic rings. The summed E-state index contributed by atoms with van der Waals surface area (Å²) >= 11 is 1.73. The Bertz CT molecular complexity index is 2080. The van der Waals surface area contributed by atoms with Crippen LogP contribution in [0.3, 0.4) is 0 Å². The van der Waals surface area contributed by atoms with E-state index in [-0.39, 0.29) is 0 Å². The molecule has 0 bridgehead atoms. The first-order valence-electron chi connectivity index (χ1n) is 12.7. The van der Waals surface area contributed by atoms with E-state index in [1.165, 1.54) is 26.7 Å². The van der Waals surface area contributed by atoms with Crippen molar-refractivity contribution < 1.29 is 0 Å². The van der Waals surface area contributed by atoms with E-state index in [4.69, 9.17) is 9.97 Å². The minimum Gasteiger partial charge on any atom is -0.306 e. The van der Waals surface area contributed by atoms with Crippen LogP contribution in [-0.2, 0) is 0 Å². The summed E-state index contributed by atoms with van der Waals surface area (Å²) in [5.41, 5.74) is 11.1. The molecule has 178 valence electrons. The predicted octanol–water partition coefficient (Wildman–Crippen LogP) is 9.25. The zero-order valence-corrected chi connectivity index (χ0v) is 21.2. The lowest BCUT2D eigenvalue weighted by Gasteiger charge is -2.10. The molecule has 3 aromatic heterocycles. The first kappa shape index (κ1) is 21.3. The lowest BCUT2D eigenvalue weighted by Crippen LogP contribution is -1.95. The average Bonchev–Trinajstić information content (AvgIpc) is 3.59. The van der Waals surface area contributed by atoms with Crippen LogP contribution in [-0.4, -0.2) is 14.4 Å². The van der Waals surface area contributed by atoms with Crippen molar-refractivity contribution in [2.75, 3.05) is 0 Å². The Hall–Kier alpha value is -4.80. The van der Waals surface area contributed by atoms with Gasteiger partial charge in [0.1, 0.15) is 5.01 Å². The lowest BCUT2D eigenvalue weighted by atomic mass is 10.0. The van der Waals surface area contributed by atoms with E-state index in [0.29, 0.717) is 0 Å². The number of aromatic nitrogens is 3. The summed E-state index contributed by atoms with van der Waals surface area (Å²) in [4.78, 5) is 9.91. The van der Waals surface area contributed by atoms with Crippen molar-refractivity contribution >= 4 is 49.0 Å². The second-order valence-electron chi connectivity index (χ2n) is 9.51. The Morgan fingerprint density at radius 3 is 1.84 bits per heavy atom. The molecule has 0 saturated carbocycles. The van der Waals surface area contributed by atoms with Crippen LogP contribution in [0.2, 0.25) is 0 Å². The molecular weight excluding hydrogens is 482 g/mol. The van der Waals surface area contributed by atoms with Gasteiger partial charge in [0.15, 0.2) is 0 Å². The summed E-state index contributed by atoms with van der Waals surface area (Å²) in [5.74, 6) is 0. The number of benzene rings is 5. The largest absolute Gasteiger partial charge is 0.306 e. The van der Waals surface area contributed by atoms with E-state index < -0.39 is 0 Å². The van der Waals surface area contributed by atoms with Gasteiger partial charge < -0.3 is 4.40 Å². The molecule has 0 amide bonds. The van der Waals surface area contributed by atoms with Crippen LogP contribution in [0.15, 0.2) is 127 Å². The molecule has 8 aromatic rings. The normalized spacial score (nSPS) is 11.7. The van der Waals surface area contributed by atoms with Crippen molar-refractivity contribution in [1.29, 1.82) is 0 Å². The van der Waals surface area contributed by atoms with Gasteiger partial charge in [-0.3, -0.25) is 0 Å². The number of rotatable bonds is 3. The van der Waals surface area contributed by atoms with Gasteiger partial charge >= 0.3 is 0 Å². The predicted molar refractivity (Wildman–Crippen MR) is 160 cm³/mol. The smallest absolute Gasteiger partial charge is 0.124 e. The Morgan fingerprint density at radius 2 is 1.08 bits per heavy atom. The Balaban J connectivity index is 1.19. The average molecular weight is 504 g/mol. The number of hydrogen-bond donors (Lipinski definition) is 0. The minimum atomic E-state index is 0.992. The number of hydrogen-bond acceptors (Lipinski definition) is 3. The second kappa shape index (κ2) is 8.37. The van der Waals surface area contributed by atoms with Gasteiger partial charge in [0.25, 0.3) is 0 Å². The van der Waals surface area contributed by atoms with Gasteiger partial charge in [-0.25, -0.2) is 9.97 Å². The molecule has 0 aliphatic heterocycles. The van der Waals surface area contributed by atoms with Crippen molar-refractivity contribution in [1.82, 2.24) is 14.4 Å². The summed E-state index contributed by atoms with van der Waals surface area (Å²) in [6, 6.07) is 44.9. The SMILES string of the molecule is c1ccc2c(c1)cc1c(-c3ccc(-c4ccc(-c5nc6ccccc6s5)cc4)cc3)nc3ccccc3n12. The number of nitrogens with zero attached hydrogens (tertiary/aromatic N) is 3. The van der Waals surface area contributed by atoms with Crippen LogP contribution in [0.1, 0.15) is 0 Å². The fraction of sp³-hybridized carbons (Fsp3) is 0. The van der Waals surface area contributed by atoms with Crippen LogP contribution < -0.4 is 0 Å². The first-order chi connectivity index (χ1) is 18.8. The molecule has 3 heterocycles. The monoisotopic (exact) mass is 503 g/mol. The second-order valence-corrected chi connectivity index (χ2v) is 10.5. The van der Waals surface area contributed by atoms with Crippen molar-refractivity contribution in [2.24, 2.45) is 0 Å². The zero-order chi connectivity index (χ0) is 25.1. The lowest BCUT2D eigenvalue weighted by molar-refractivity contribution is 1.27. The number of thiazole rings is 1. The number of fused-ring (bicyclic) bond motifs is 6. The summed E-state index contributed by atoms with van der Waals surface area (Å²) in [7, 11) is 0. The van der Waals surface area contributed by atoms with Crippen LogP contribution in [0.5, 0.6) is 0 Å². The van der Waals surface area contributed by atoms with Crippen LogP contribution >= 0.6 is 11.3 Å². The summed E-state index contributed by atoms with van der Waals surface area (Å²) in [6.45, 7) is 0. The third-order valence-corrected chi connectivity index (χ3v) is 8.31. The first-order valence-corrected chi connectivity index (χ1v) is 13.5. The molecule has 4 heteroatoms. The van der Waals surface area contributed by atoms with Crippen molar-refractivity contribution in [3.05, 3.63) is 127 Å². The van der Waals surface area contributed by atoms with Gasteiger partial charge in [-0.05, 0) is 47.5 Å². The molecule has 5 aromatic carbocycles. The molecule has 8 rings (SSSR count). The van der Waals surface area contributed by atoms with Gasteiger partial charge in [-0.15, -0.1) is 11.3 Å². The Kier molecular flexibility index (Phi) is 4.69. The summed E-state index contributed by atoms with van der Waals surface area (Å²) in [6.07, 6.45) is 0. The van der Waals surface area contributed by atoms with E-state index in [1.807, 2.05) is 6.07 Å². The maximum atomic E-state index is 5.11. The summed E-state index contributed by atoms with van der Waals surface area (Å²) in [5, 5.41) is 2.27. The van der Waals surface area contributed by atoms with Crippen molar-refractivity contribution in [3.8, 4) is 33.0 Å². The Labute approximate surface area is 223 Å². The molecule has 0 unspecified atom stereocenters. The van der Waals surface area contributed by atoms with Crippen molar-refractivity contribution in [3.63, 3.8) is 0 Å². The van der Waals surface area contributed by atoms with E-state index in [9.17, 15) is 0 Å². The van der Waals surface area contributed by atoms with E-state index in [0.717, 1.165) is 43.9 Å². The van der Waals surface area contributed by atoms with Gasteiger partial charge in [0.2, 0.25) is 0 Å². The molecule has 0 spiro atoms. The summed E-state index contributed by atoms with van der Waals surface area (Å²) < 4.78 is 3.55. The molecule has 0 radical (unpaired) electrons. The van der Waals surface area contributed by atoms with Crippen molar-refractivity contribution in [2.45, 2.75) is 0 Å². The molecule has 0 saturated heterocycles. The van der Waals surface area contributed by atoms with Gasteiger partial charge in [0.05, 0.1) is 38.0 Å². The van der Waals surface area contributed by atoms with Crippen LogP contribution in [0.4, 0.5) is 0 Å². The van der Waals surface area contributed by atoms with Gasteiger partial charge in [0, 0.05) is 16.5 Å². The van der Waals surface area contributed by atoms with E-state index in [2.05, 4.69) is 126 Å². The van der Waals surface area contributed by atoms with Crippen LogP contribution in [0.25, 0.3) is 70.6 Å².